The third kappa shape index (κ3) is 4.83. The standard InChI is InChI=1S/C21H17ClFNO6S/c1-11(25)30-19-16(28-2)7-12(8-17(19)29-3)9-18-20(26)24(21(27)31-18)10-13-14(22)5-4-6-15(13)23/h4-9H,10H2,1-3H3/b18-9-. The highest BCUT2D eigenvalue weighted by molar-refractivity contribution is 8.18. The molecule has 1 fully saturated rings. The Labute approximate surface area is 186 Å². The van der Waals surface area contributed by atoms with Crippen LogP contribution in [0.2, 0.25) is 5.02 Å². The van der Waals surface area contributed by atoms with E-state index in [-0.39, 0.29) is 39.3 Å². The van der Waals surface area contributed by atoms with Crippen molar-refractivity contribution in [3.8, 4) is 17.2 Å². The van der Waals surface area contributed by atoms with E-state index in [1.54, 1.807) is 0 Å². The molecule has 10 heteroatoms. The predicted molar refractivity (Wildman–Crippen MR) is 114 cm³/mol. The Bertz CT molecular complexity index is 1060. The normalized spacial score (nSPS) is 14.9. The highest BCUT2D eigenvalue weighted by Crippen LogP contribution is 2.41. The first kappa shape index (κ1) is 22.6. The van der Waals surface area contributed by atoms with E-state index in [0.717, 1.165) is 4.90 Å². The fraction of sp³-hybridized carbons (Fsp3) is 0.190. The molecular weight excluding hydrogens is 449 g/mol. The van der Waals surface area contributed by atoms with Crippen LogP contribution in [-0.4, -0.2) is 36.2 Å². The zero-order valence-electron chi connectivity index (χ0n) is 16.7. The minimum Gasteiger partial charge on any atom is -0.493 e. The number of imide groups is 1. The van der Waals surface area contributed by atoms with Crippen LogP contribution >= 0.6 is 23.4 Å². The number of methoxy groups -OCH3 is 2. The van der Waals surface area contributed by atoms with Crippen LogP contribution in [0.1, 0.15) is 18.1 Å². The molecule has 0 N–H and O–H groups in total. The first-order chi connectivity index (χ1) is 14.7. The van der Waals surface area contributed by atoms with Crippen molar-refractivity contribution in [1.29, 1.82) is 0 Å². The summed E-state index contributed by atoms with van der Waals surface area (Å²) in [6.07, 6.45) is 1.47. The van der Waals surface area contributed by atoms with Crippen LogP contribution in [0.5, 0.6) is 17.2 Å². The second kappa shape index (κ2) is 9.40. The summed E-state index contributed by atoms with van der Waals surface area (Å²) in [6, 6.07) is 7.19. The minimum atomic E-state index is -0.605. The number of hydrogen-bond acceptors (Lipinski definition) is 7. The molecule has 2 aromatic carbocycles. The summed E-state index contributed by atoms with van der Waals surface area (Å²) in [5.74, 6) is -1.24. The molecule has 162 valence electrons. The van der Waals surface area contributed by atoms with Crippen molar-refractivity contribution >= 4 is 46.6 Å². The van der Waals surface area contributed by atoms with Gasteiger partial charge in [0.05, 0.1) is 25.7 Å². The van der Waals surface area contributed by atoms with E-state index in [1.165, 1.54) is 57.6 Å². The van der Waals surface area contributed by atoms with Gasteiger partial charge >= 0.3 is 5.97 Å². The first-order valence-electron chi connectivity index (χ1n) is 8.87. The average Bonchev–Trinajstić information content (AvgIpc) is 2.98. The van der Waals surface area contributed by atoms with Gasteiger partial charge < -0.3 is 14.2 Å². The van der Waals surface area contributed by atoms with Crippen molar-refractivity contribution in [1.82, 2.24) is 4.90 Å². The number of esters is 1. The molecule has 1 aliphatic heterocycles. The Hall–Kier alpha value is -3.04. The number of carbonyl (C=O) groups excluding carboxylic acids is 3. The Morgan fingerprint density at radius 3 is 2.39 bits per heavy atom. The largest absolute Gasteiger partial charge is 0.493 e. The summed E-state index contributed by atoms with van der Waals surface area (Å²) < 4.78 is 29.7. The highest BCUT2D eigenvalue weighted by Gasteiger charge is 2.36. The van der Waals surface area contributed by atoms with Gasteiger partial charge in [0.25, 0.3) is 11.1 Å². The van der Waals surface area contributed by atoms with E-state index in [1.807, 2.05) is 0 Å². The molecule has 2 amide bonds. The number of halogens is 2. The summed E-state index contributed by atoms with van der Waals surface area (Å²) in [5.41, 5.74) is 0.529. The number of ether oxygens (including phenoxy) is 3. The Morgan fingerprint density at radius 1 is 1.19 bits per heavy atom. The molecular formula is C21H17ClFNO6S. The Balaban J connectivity index is 1.93. The van der Waals surface area contributed by atoms with Gasteiger partial charge in [-0.2, -0.15) is 0 Å². The Morgan fingerprint density at radius 2 is 1.84 bits per heavy atom. The van der Waals surface area contributed by atoms with Crippen LogP contribution < -0.4 is 14.2 Å². The van der Waals surface area contributed by atoms with Gasteiger partial charge in [0, 0.05) is 17.5 Å². The first-order valence-corrected chi connectivity index (χ1v) is 10.1. The van der Waals surface area contributed by atoms with Crippen LogP contribution in [0, 0.1) is 5.82 Å². The smallest absolute Gasteiger partial charge is 0.308 e. The molecule has 0 atom stereocenters. The van der Waals surface area contributed by atoms with E-state index < -0.39 is 22.9 Å². The molecule has 1 saturated heterocycles. The van der Waals surface area contributed by atoms with Crippen LogP contribution in [0.15, 0.2) is 35.2 Å². The molecule has 0 bridgehead atoms. The molecule has 0 saturated carbocycles. The minimum absolute atomic E-state index is 0.0572. The van der Waals surface area contributed by atoms with E-state index >= 15 is 0 Å². The van der Waals surface area contributed by atoms with Gasteiger partial charge in [0.2, 0.25) is 5.75 Å². The van der Waals surface area contributed by atoms with Crippen molar-refractivity contribution in [3.05, 3.63) is 57.2 Å². The quantitative estimate of drug-likeness (QED) is 0.348. The lowest BCUT2D eigenvalue weighted by molar-refractivity contribution is -0.132. The molecule has 3 rings (SSSR count). The fourth-order valence-corrected chi connectivity index (χ4v) is 3.92. The summed E-state index contributed by atoms with van der Waals surface area (Å²) in [4.78, 5) is 37.6. The third-order valence-corrected chi connectivity index (χ3v) is 5.54. The molecule has 2 aromatic rings. The molecule has 0 aliphatic carbocycles. The van der Waals surface area contributed by atoms with Crippen LogP contribution in [0.4, 0.5) is 9.18 Å². The topological polar surface area (TPSA) is 82.1 Å². The molecule has 0 aromatic heterocycles. The number of rotatable bonds is 6. The van der Waals surface area contributed by atoms with Gasteiger partial charge in [0.15, 0.2) is 11.5 Å². The zero-order valence-corrected chi connectivity index (χ0v) is 18.3. The molecule has 1 aliphatic rings. The number of nitrogens with zero attached hydrogens (tertiary/aromatic N) is 1. The molecule has 0 unspecified atom stereocenters. The lowest BCUT2D eigenvalue weighted by Crippen LogP contribution is -2.28. The van der Waals surface area contributed by atoms with Gasteiger partial charge in [-0.15, -0.1) is 0 Å². The van der Waals surface area contributed by atoms with E-state index in [2.05, 4.69) is 0 Å². The van der Waals surface area contributed by atoms with E-state index in [9.17, 15) is 18.8 Å². The summed E-state index contributed by atoms with van der Waals surface area (Å²) in [6.45, 7) is 0.955. The average molecular weight is 466 g/mol. The van der Waals surface area contributed by atoms with Crippen molar-refractivity contribution in [3.63, 3.8) is 0 Å². The van der Waals surface area contributed by atoms with Gasteiger partial charge in [-0.1, -0.05) is 17.7 Å². The van der Waals surface area contributed by atoms with Gasteiger partial charge in [-0.25, -0.2) is 4.39 Å². The second-order valence-electron chi connectivity index (χ2n) is 6.32. The lowest BCUT2D eigenvalue weighted by atomic mass is 10.1. The number of carbonyl (C=O) groups is 3. The lowest BCUT2D eigenvalue weighted by Gasteiger charge is -2.14. The van der Waals surface area contributed by atoms with Crippen molar-refractivity contribution in [2.75, 3.05) is 14.2 Å². The van der Waals surface area contributed by atoms with Crippen LogP contribution in [-0.2, 0) is 16.1 Å². The van der Waals surface area contributed by atoms with Gasteiger partial charge in [0.1, 0.15) is 5.82 Å². The highest BCUT2D eigenvalue weighted by atomic mass is 35.5. The van der Waals surface area contributed by atoms with Gasteiger partial charge in [-0.05, 0) is 47.7 Å². The van der Waals surface area contributed by atoms with Crippen molar-refractivity contribution in [2.45, 2.75) is 13.5 Å². The maximum absolute atomic E-state index is 14.1. The maximum Gasteiger partial charge on any atom is 0.308 e. The molecule has 0 spiro atoms. The van der Waals surface area contributed by atoms with Crippen LogP contribution in [0.3, 0.4) is 0 Å². The fourth-order valence-electron chi connectivity index (χ4n) is 2.86. The summed E-state index contributed by atoms with van der Waals surface area (Å²) in [5, 5.41) is -0.426. The molecule has 7 nitrogen and oxygen atoms in total. The van der Waals surface area contributed by atoms with Crippen molar-refractivity contribution in [2.24, 2.45) is 0 Å². The second-order valence-corrected chi connectivity index (χ2v) is 7.72. The van der Waals surface area contributed by atoms with E-state index in [0.29, 0.717) is 17.3 Å². The van der Waals surface area contributed by atoms with E-state index in [4.69, 9.17) is 25.8 Å². The molecule has 1 heterocycles. The molecule has 31 heavy (non-hydrogen) atoms. The van der Waals surface area contributed by atoms with Crippen molar-refractivity contribution < 1.29 is 33.0 Å². The number of amides is 2. The zero-order chi connectivity index (χ0) is 22.7. The molecule has 0 radical (unpaired) electrons. The summed E-state index contributed by atoms with van der Waals surface area (Å²) in [7, 11) is 2.77. The third-order valence-electron chi connectivity index (χ3n) is 4.28. The monoisotopic (exact) mass is 465 g/mol. The Kier molecular flexibility index (Phi) is 6.87. The SMILES string of the molecule is COc1cc(/C=C2\SC(=O)N(Cc3c(F)cccc3Cl)C2=O)cc(OC)c1OC(C)=O. The van der Waals surface area contributed by atoms with Gasteiger partial charge in [-0.3, -0.25) is 19.3 Å². The number of thioether (sulfide) groups is 1. The maximum atomic E-state index is 14.1. The number of hydrogen-bond donors (Lipinski definition) is 0. The van der Waals surface area contributed by atoms with Crippen LogP contribution in [0.25, 0.3) is 6.08 Å². The summed E-state index contributed by atoms with van der Waals surface area (Å²) >= 11 is 6.73. The number of benzene rings is 2. The predicted octanol–water partition coefficient (Wildman–Crippen LogP) is 4.66.